The highest BCUT2D eigenvalue weighted by molar-refractivity contribution is 7.85. The zero-order valence-corrected chi connectivity index (χ0v) is 10.4. The molecule has 0 unspecified atom stereocenters. The van der Waals surface area contributed by atoms with Gasteiger partial charge < -0.3 is 0 Å². The average Bonchev–Trinajstić information content (AvgIpc) is 2.57. The van der Waals surface area contributed by atoms with Gasteiger partial charge in [0.25, 0.3) is 10.1 Å². The summed E-state index contributed by atoms with van der Waals surface area (Å²) in [6.45, 7) is 1.73. The number of benzene rings is 1. The maximum atomic E-state index is 11.0. The van der Waals surface area contributed by atoms with Crippen molar-refractivity contribution in [3.05, 3.63) is 34.9 Å². The molecule has 8 heteroatoms. The van der Waals surface area contributed by atoms with Gasteiger partial charge in [-0.2, -0.15) is 13.5 Å². The molecule has 2 N–H and O–H groups in total. The lowest BCUT2D eigenvalue weighted by Crippen LogP contribution is -2.02. The van der Waals surface area contributed by atoms with Crippen LogP contribution in [0.1, 0.15) is 5.82 Å². The van der Waals surface area contributed by atoms with E-state index >= 15 is 0 Å². The van der Waals surface area contributed by atoms with Gasteiger partial charge in [0.2, 0.25) is 0 Å². The molecule has 1 aromatic carbocycles. The van der Waals surface area contributed by atoms with Crippen molar-refractivity contribution in [1.82, 2.24) is 14.8 Å². The van der Waals surface area contributed by atoms with Crippen molar-refractivity contribution in [2.24, 2.45) is 0 Å². The van der Waals surface area contributed by atoms with E-state index < -0.39 is 10.1 Å². The van der Waals surface area contributed by atoms with E-state index in [0.29, 0.717) is 16.3 Å². The fourth-order valence-corrected chi connectivity index (χ4v) is 2.27. The fourth-order valence-electron chi connectivity index (χ4n) is 1.46. The molecule has 2 rings (SSSR count). The van der Waals surface area contributed by atoms with Crippen LogP contribution in [0.25, 0.3) is 5.69 Å². The van der Waals surface area contributed by atoms with Gasteiger partial charge in [-0.15, -0.1) is 0 Å². The van der Waals surface area contributed by atoms with Gasteiger partial charge in [-0.1, -0.05) is 6.07 Å². The number of nitrogens with one attached hydrogen (secondary N) is 1. The Morgan fingerprint density at radius 1 is 1.47 bits per heavy atom. The quantitative estimate of drug-likeness (QED) is 0.638. The highest BCUT2D eigenvalue weighted by atomic mass is 32.2. The number of hydrogen-bond acceptors (Lipinski definition) is 4. The summed E-state index contributed by atoms with van der Waals surface area (Å²) in [5.74, 6) is 0.600. The first-order chi connectivity index (χ1) is 7.89. The Bertz CT molecular complexity index is 715. The molecule has 0 saturated carbocycles. The zero-order valence-electron chi connectivity index (χ0n) is 8.78. The lowest BCUT2D eigenvalue weighted by molar-refractivity contribution is 0.483. The number of nitrogens with zero attached hydrogens (tertiary/aromatic N) is 2. The average molecular weight is 271 g/mol. The van der Waals surface area contributed by atoms with Crippen LogP contribution in [0.4, 0.5) is 0 Å². The Balaban J connectivity index is 2.67. The number of aromatic nitrogens is 3. The van der Waals surface area contributed by atoms with Crippen LogP contribution >= 0.6 is 12.2 Å². The van der Waals surface area contributed by atoms with Crippen LogP contribution in [0.3, 0.4) is 0 Å². The van der Waals surface area contributed by atoms with Crippen LogP contribution in [-0.2, 0) is 10.1 Å². The summed E-state index contributed by atoms with van der Waals surface area (Å²) in [4.78, 5) is -0.183. The Labute approximate surface area is 103 Å². The van der Waals surface area contributed by atoms with E-state index in [0.717, 1.165) is 0 Å². The van der Waals surface area contributed by atoms with E-state index in [1.54, 1.807) is 17.6 Å². The number of aryl methyl sites for hydroxylation is 1. The number of hydrogen-bond donors (Lipinski definition) is 2. The van der Waals surface area contributed by atoms with Crippen molar-refractivity contribution in [3.63, 3.8) is 0 Å². The monoisotopic (exact) mass is 271 g/mol. The highest BCUT2D eigenvalue weighted by Crippen LogP contribution is 2.16. The van der Waals surface area contributed by atoms with Crippen molar-refractivity contribution in [2.75, 3.05) is 0 Å². The predicted molar refractivity (Wildman–Crippen MR) is 63.3 cm³/mol. The topological polar surface area (TPSA) is 88.0 Å². The predicted octanol–water partition coefficient (Wildman–Crippen LogP) is 1.49. The van der Waals surface area contributed by atoms with Gasteiger partial charge in [0.1, 0.15) is 5.82 Å². The van der Waals surface area contributed by atoms with Crippen LogP contribution < -0.4 is 0 Å². The second kappa shape index (κ2) is 4.06. The Kier molecular flexibility index (Phi) is 2.86. The molecule has 0 aliphatic rings. The van der Waals surface area contributed by atoms with Crippen molar-refractivity contribution in [1.29, 1.82) is 0 Å². The molecule has 0 spiro atoms. The molecule has 6 nitrogen and oxygen atoms in total. The van der Waals surface area contributed by atoms with Crippen molar-refractivity contribution >= 4 is 22.3 Å². The molecule has 0 aliphatic carbocycles. The van der Waals surface area contributed by atoms with Crippen molar-refractivity contribution in [2.45, 2.75) is 11.8 Å². The van der Waals surface area contributed by atoms with E-state index in [4.69, 9.17) is 16.8 Å². The molecule has 1 heterocycles. The summed E-state index contributed by atoms with van der Waals surface area (Å²) >= 11 is 5.02. The second-order valence-corrected chi connectivity index (χ2v) is 5.19. The lowest BCUT2D eigenvalue weighted by Gasteiger charge is -2.05. The van der Waals surface area contributed by atoms with Crippen molar-refractivity contribution < 1.29 is 13.0 Å². The summed E-state index contributed by atoms with van der Waals surface area (Å²) in [7, 11) is -4.22. The van der Waals surface area contributed by atoms with Gasteiger partial charge in [0.15, 0.2) is 4.77 Å². The first kappa shape index (κ1) is 12.0. The largest absolute Gasteiger partial charge is 0.294 e. The van der Waals surface area contributed by atoms with Gasteiger partial charge in [0.05, 0.1) is 10.6 Å². The van der Waals surface area contributed by atoms with Gasteiger partial charge >= 0.3 is 0 Å². The molecule has 0 amide bonds. The molecule has 90 valence electrons. The maximum absolute atomic E-state index is 11.0. The smallest absolute Gasteiger partial charge is 0.282 e. The summed E-state index contributed by atoms with van der Waals surface area (Å²) in [6, 6.07) is 5.82. The summed E-state index contributed by atoms with van der Waals surface area (Å²) in [5, 5.41) is 6.52. The zero-order chi connectivity index (χ0) is 12.6. The molecule has 2 aromatic rings. The maximum Gasteiger partial charge on any atom is 0.294 e. The van der Waals surface area contributed by atoms with Crippen LogP contribution in [-0.4, -0.2) is 27.7 Å². The number of rotatable bonds is 2. The minimum absolute atomic E-state index is 0.183. The van der Waals surface area contributed by atoms with Crippen LogP contribution in [0.5, 0.6) is 0 Å². The van der Waals surface area contributed by atoms with E-state index in [-0.39, 0.29) is 4.90 Å². The molecule has 0 atom stereocenters. The first-order valence-corrected chi connectivity index (χ1v) is 6.46. The third-order valence-electron chi connectivity index (χ3n) is 2.21. The van der Waals surface area contributed by atoms with Crippen molar-refractivity contribution in [3.8, 4) is 5.69 Å². The van der Waals surface area contributed by atoms with E-state index in [2.05, 4.69) is 10.2 Å². The third-order valence-corrected chi connectivity index (χ3v) is 3.34. The molecule has 0 aliphatic heterocycles. The SMILES string of the molecule is Cc1n[nH]c(=S)n1-c1cccc(S(=O)(=O)O)c1. The molecule has 0 saturated heterocycles. The molecule has 0 fully saturated rings. The minimum Gasteiger partial charge on any atom is -0.282 e. The van der Waals surface area contributed by atoms with E-state index in [1.165, 1.54) is 18.2 Å². The van der Waals surface area contributed by atoms with Gasteiger partial charge in [-0.25, -0.2) is 0 Å². The standard InChI is InChI=1S/C9H9N3O3S2/c1-6-10-11-9(16)12(6)7-3-2-4-8(5-7)17(13,14)15/h2-5H,1H3,(H,11,16)(H,13,14,15). The molecule has 17 heavy (non-hydrogen) atoms. The second-order valence-electron chi connectivity index (χ2n) is 3.38. The summed E-state index contributed by atoms with van der Waals surface area (Å²) in [5.41, 5.74) is 0.524. The fraction of sp³-hybridized carbons (Fsp3) is 0.111. The molecule has 0 radical (unpaired) electrons. The lowest BCUT2D eigenvalue weighted by atomic mass is 10.3. The Morgan fingerprint density at radius 3 is 2.71 bits per heavy atom. The first-order valence-electron chi connectivity index (χ1n) is 4.61. The van der Waals surface area contributed by atoms with E-state index in [1.807, 2.05) is 0 Å². The minimum atomic E-state index is -4.22. The van der Waals surface area contributed by atoms with E-state index in [9.17, 15) is 8.42 Å². The van der Waals surface area contributed by atoms with Gasteiger partial charge in [0, 0.05) is 0 Å². The van der Waals surface area contributed by atoms with Crippen LogP contribution in [0.15, 0.2) is 29.2 Å². The third kappa shape index (κ3) is 2.28. The van der Waals surface area contributed by atoms with Crippen LogP contribution in [0.2, 0.25) is 0 Å². The highest BCUT2D eigenvalue weighted by Gasteiger charge is 2.11. The van der Waals surface area contributed by atoms with Gasteiger partial charge in [-0.3, -0.25) is 14.2 Å². The number of aromatic amines is 1. The molecular weight excluding hydrogens is 262 g/mol. The Hall–Kier alpha value is -1.51. The van der Waals surface area contributed by atoms with Crippen LogP contribution in [0, 0.1) is 11.7 Å². The number of H-pyrrole nitrogens is 1. The Morgan fingerprint density at radius 2 is 2.18 bits per heavy atom. The summed E-state index contributed by atoms with van der Waals surface area (Å²) < 4.78 is 32.9. The normalized spacial score (nSPS) is 11.6. The summed E-state index contributed by atoms with van der Waals surface area (Å²) in [6.07, 6.45) is 0. The van der Waals surface area contributed by atoms with Gasteiger partial charge in [-0.05, 0) is 37.3 Å². The molecular formula is C9H9N3O3S2. The molecule has 1 aromatic heterocycles. The molecule has 0 bridgehead atoms.